The lowest BCUT2D eigenvalue weighted by Crippen LogP contribution is -2.16. The zero-order valence-corrected chi connectivity index (χ0v) is 9.81. The second kappa shape index (κ2) is 3.87. The van der Waals surface area contributed by atoms with E-state index < -0.39 is 3.61 Å². The van der Waals surface area contributed by atoms with Crippen molar-refractivity contribution in [2.75, 3.05) is 0 Å². The summed E-state index contributed by atoms with van der Waals surface area (Å²) in [6.45, 7) is 0. The SMILES string of the molecule is OC1(I)C=CC(c2ccccc2)=CC1. The zero-order valence-electron chi connectivity index (χ0n) is 7.65. The molecule has 0 aromatic heterocycles. The summed E-state index contributed by atoms with van der Waals surface area (Å²) >= 11 is 2.04. The minimum absolute atomic E-state index is 0.675. The first-order valence-electron chi connectivity index (χ1n) is 4.53. The van der Waals surface area contributed by atoms with Crippen LogP contribution in [0.25, 0.3) is 5.57 Å². The quantitative estimate of drug-likeness (QED) is 0.624. The average Bonchev–Trinajstić information content (AvgIpc) is 2.19. The number of rotatable bonds is 1. The van der Waals surface area contributed by atoms with Crippen molar-refractivity contribution in [3.8, 4) is 0 Å². The first-order chi connectivity index (χ1) is 6.67. The van der Waals surface area contributed by atoms with Gasteiger partial charge in [-0.1, -0.05) is 42.5 Å². The van der Waals surface area contributed by atoms with Gasteiger partial charge in [-0.05, 0) is 39.8 Å². The van der Waals surface area contributed by atoms with Crippen LogP contribution >= 0.6 is 22.6 Å². The number of benzene rings is 1. The van der Waals surface area contributed by atoms with E-state index in [4.69, 9.17) is 0 Å². The summed E-state index contributed by atoms with van der Waals surface area (Å²) in [5, 5.41) is 9.69. The number of alkyl halides is 1. The Morgan fingerprint density at radius 2 is 1.93 bits per heavy atom. The molecule has 0 fully saturated rings. The summed E-state index contributed by atoms with van der Waals surface area (Å²) in [5.41, 5.74) is 2.39. The predicted molar refractivity (Wildman–Crippen MR) is 67.1 cm³/mol. The molecule has 1 unspecified atom stereocenters. The summed E-state index contributed by atoms with van der Waals surface area (Å²) in [6, 6.07) is 10.2. The fraction of sp³-hybridized carbons (Fsp3) is 0.167. The molecule has 72 valence electrons. The van der Waals surface area contributed by atoms with Gasteiger partial charge in [-0.3, -0.25) is 0 Å². The van der Waals surface area contributed by atoms with Gasteiger partial charge in [0.2, 0.25) is 0 Å². The van der Waals surface area contributed by atoms with Crippen LogP contribution in [0, 0.1) is 0 Å². The van der Waals surface area contributed by atoms with Gasteiger partial charge in [-0.25, -0.2) is 0 Å². The normalized spacial score (nSPS) is 26.0. The van der Waals surface area contributed by atoms with E-state index in [0.29, 0.717) is 6.42 Å². The Balaban J connectivity index is 2.25. The number of hydrogen-bond donors (Lipinski definition) is 1. The molecule has 0 heterocycles. The van der Waals surface area contributed by atoms with Gasteiger partial charge in [0.1, 0.15) is 3.61 Å². The molecule has 2 heteroatoms. The van der Waals surface area contributed by atoms with E-state index in [1.54, 1.807) is 0 Å². The Hall–Kier alpha value is -0.610. The van der Waals surface area contributed by atoms with Gasteiger partial charge >= 0.3 is 0 Å². The molecule has 0 saturated carbocycles. The van der Waals surface area contributed by atoms with Crippen molar-refractivity contribution >= 4 is 28.2 Å². The highest BCUT2D eigenvalue weighted by atomic mass is 127. The topological polar surface area (TPSA) is 20.2 Å². The van der Waals surface area contributed by atoms with Gasteiger partial charge < -0.3 is 5.11 Å². The summed E-state index contributed by atoms with van der Waals surface area (Å²) in [4.78, 5) is 0. The first-order valence-corrected chi connectivity index (χ1v) is 5.61. The Morgan fingerprint density at radius 1 is 1.21 bits per heavy atom. The maximum atomic E-state index is 9.69. The Bertz CT molecular complexity index is 377. The molecule has 1 N–H and O–H groups in total. The van der Waals surface area contributed by atoms with E-state index in [9.17, 15) is 5.11 Å². The lowest BCUT2D eigenvalue weighted by atomic mass is 9.98. The van der Waals surface area contributed by atoms with Gasteiger partial charge in [-0.15, -0.1) is 0 Å². The summed E-state index contributed by atoms with van der Waals surface area (Å²) < 4.78 is -0.698. The molecule has 0 spiro atoms. The van der Waals surface area contributed by atoms with Crippen LogP contribution in [0.3, 0.4) is 0 Å². The van der Waals surface area contributed by atoms with E-state index in [2.05, 4.69) is 18.2 Å². The third kappa shape index (κ3) is 2.25. The van der Waals surface area contributed by atoms with Crippen LogP contribution in [0.1, 0.15) is 12.0 Å². The number of allylic oxidation sites excluding steroid dienone is 2. The second-order valence-corrected chi connectivity index (χ2v) is 5.25. The highest BCUT2D eigenvalue weighted by molar-refractivity contribution is 14.1. The molecule has 1 aromatic carbocycles. The molecular formula is C12H11IO. The molecule has 0 aliphatic heterocycles. The van der Waals surface area contributed by atoms with Gasteiger partial charge in [0, 0.05) is 6.42 Å². The van der Waals surface area contributed by atoms with E-state index in [1.165, 1.54) is 11.1 Å². The third-order valence-electron chi connectivity index (χ3n) is 2.23. The minimum atomic E-state index is -0.698. The van der Waals surface area contributed by atoms with Crippen LogP contribution in [-0.4, -0.2) is 8.71 Å². The summed E-state index contributed by atoms with van der Waals surface area (Å²) in [5.74, 6) is 0. The van der Waals surface area contributed by atoms with E-state index in [0.717, 1.165) is 0 Å². The lowest BCUT2D eigenvalue weighted by Gasteiger charge is -2.19. The third-order valence-corrected chi connectivity index (χ3v) is 3.03. The zero-order chi connectivity index (χ0) is 10.0. The van der Waals surface area contributed by atoms with Crippen LogP contribution in [0.2, 0.25) is 0 Å². The highest BCUT2D eigenvalue weighted by Gasteiger charge is 2.20. The van der Waals surface area contributed by atoms with Crippen LogP contribution in [-0.2, 0) is 0 Å². The molecule has 0 amide bonds. The first kappa shape index (κ1) is 9.93. The predicted octanol–water partition coefficient (Wildman–Crippen LogP) is 3.15. The summed E-state index contributed by atoms with van der Waals surface area (Å²) in [6.07, 6.45) is 6.57. The minimum Gasteiger partial charge on any atom is -0.376 e. The summed E-state index contributed by atoms with van der Waals surface area (Å²) in [7, 11) is 0. The number of halogens is 1. The van der Waals surface area contributed by atoms with Crippen LogP contribution in [0.15, 0.2) is 48.6 Å². The largest absolute Gasteiger partial charge is 0.376 e. The molecule has 1 nitrogen and oxygen atoms in total. The Morgan fingerprint density at radius 3 is 2.50 bits per heavy atom. The van der Waals surface area contributed by atoms with Crippen molar-refractivity contribution in [1.82, 2.24) is 0 Å². The monoisotopic (exact) mass is 298 g/mol. The smallest absolute Gasteiger partial charge is 0.137 e. The number of hydrogen-bond acceptors (Lipinski definition) is 1. The van der Waals surface area contributed by atoms with Crippen molar-refractivity contribution in [3.63, 3.8) is 0 Å². The molecule has 2 rings (SSSR count). The molecule has 0 saturated heterocycles. The molecule has 0 bridgehead atoms. The molecule has 14 heavy (non-hydrogen) atoms. The molecule has 1 atom stereocenters. The fourth-order valence-corrected chi connectivity index (χ4v) is 1.85. The average molecular weight is 298 g/mol. The maximum absolute atomic E-state index is 9.69. The van der Waals surface area contributed by atoms with Crippen LogP contribution < -0.4 is 0 Å². The van der Waals surface area contributed by atoms with Gasteiger partial charge in [0.05, 0.1) is 0 Å². The molecular weight excluding hydrogens is 287 g/mol. The second-order valence-electron chi connectivity index (χ2n) is 3.38. The van der Waals surface area contributed by atoms with E-state index >= 15 is 0 Å². The van der Waals surface area contributed by atoms with Crippen LogP contribution in [0.5, 0.6) is 0 Å². The van der Waals surface area contributed by atoms with Gasteiger partial charge in [0.15, 0.2) is 0 Å². The van der Waals surface area contributed by atoms with Crippen molar-refractivity contribution in [1.29, 1.82) is 0 Å². The highest BCUT2D eigenvalue weighted by Crippen LogP contribution is 2.30. The Kier molecular flexibility index (Phi) is 2.74. The van der Waals surface area contributed by atoms with Crippen molar-refractivity contribution < 1.29 is 5.11 Å². The van der Waals surface area contributed by atoms with E-state index in [1.807, 2.05) is 52.9 Å². The van der Waals surface area contributed by atoms with Crippen LogP contribution in [0.4, 0.5) is 0 Å². The molecule has 1 aromatic rings. The molecule has 0 radical (unpaired) electrons. The van der Waals surface area contributed by atoms with E-state index in [-0.39, 0.29) is 0 Å². The molecule has 1 aliphatic rings. The van der Waals surface area contributed by atoms with Crippen molar-refractivity contribution in [3.05, 3.63) is 54.1 Å². The lowest BCUT2D eigenvalue weighted by molar-refractivity contribution is 0.208. The standard InChI is InChI=1S/C12H11IO/c13-12(14)8-6-11(7-9-12)10-4-2-1-3-5-10/h1-8,14H,9H2. The molecule has 1 aliphatic carbocycles. The van der Waals surface area contributed by atoms with Crippen molar-refractivity contribution in [2.45, 2.75) is 10.0 Å². The van der Waals surface area contributed by atoms with Crippen molar-refractivity contribution in [2.24, 2.45) is 0 Å². The maximum Gasteiger partial charge on any atom is 0.137 e. The number of aliphatic hydroxyl groups is 1. The fourth-order valence-electron chi connectivity index (χ4n) is 1.45. The Labute approximate surface area is 97.3 Å². The van der Waals surface area contributed by atoms with Gasteiger partial charge in [0.25, 0.3) is 0 Å². The van der Waals surface area contributed by atoms with Gasteiger partial charge in [-0.2, -0.15) is 0 Å².